The van der Waals surface area contributed by atoms with Crippen LogP contribution in [0.1, 0.15) is 36.4 Å². The van der Waals surface area contributed by atoms with E-state index < -0.39 is 11.7 Å². The summed E-state index contributed by atoms with van der Waals surface area (Å²) in [5, 5.41) is 0. The van der Waals surface area contributed by atoms with Crippen molar-refractivity contribution in [2.24, 2.45) is 5.92 Å². The zero-order chi connectivity index (χ0) is 20.9. The van der Waals surface area contributed by atoms with Crippen LogP contribution in [0.5, 0.6) is 0 Å². The van der Waals surface area contributed by atoms with Gasteiger partial charge < -0.3 is 14.2 Å². The average molecular weight is 419 g/mol. The summed E-state index contributed by atoms with van der Waals surface area (Å²) in [7, 11) is 0. The number of hydrogen-bond donors (Lipinski definition) is 1. The second kappa shape index (κ2) is 7.54. The van der Waals surface area contributed by atoms with Gasteiger partial charge in [-0.2, -0.15) is 13.2 Å². The Balaban J connectivity index is 1.46. The number of alkyl halides is 3. The number of likely N-dealkylation sites (tertiary alicyclic amines) is 1. The third-order valence-corrected chi connectivity index (χ3v) is 7.04. The van der Waals surface area contributed by atoms with E-state index >= 15 is 0 Å². The van der Waals surface area contributed by atoms with E-state index in [0.717, 1.165) is 63.4 Å². The molecule has 7 heteroatoms. The number of benzene rings is 1. The van der Waals surface area contributed by atoms with Crippen molar-refractivity contribution in [1.82, 2.24) is 4.57 Å². The Morgan fingerprint density at radius 2 is 1.87 bits per heavy atom. The highest BCUT2D eigenvalue weighted by Gasteiger charge is 2.40. The van der Waals surface area contributed by atoms with Gasteiger partial charge >= 0.3 is 6.18 Å². The summed E-state index contributed by atoms with van der Waals surface area (Å²) in [6.45, 7) is 4.40. The molecule has 1 aromatic carbocycles. The van der Waals surface area contributed by atoms with Crippen LogP contribution in [-0.2, 0) is 17.5 Å². The first-order chi connectivity index (χ1) is 14.4. The van der Waals surface area contributed by atoms with E-state index in [1.807, 2.05) is 10.6 Å². The minimum atomic E-state index is -4.42. The molecule has 1 unspecified atom stereocenters. The van der Waals surface area contributed by atoms with E-state index in [-0.39, 0.29) is 5.56 Å². The second-order valence-electron chi connectivity index (χ2n) is 8.92. The number of hydrogen-bond acceptors (Lipinski definition) is 2. The molecule has 0 radical (unpaired) electrons. The molecule has 3 aliphatic rings. The monoisotopic (exact) mass is 419 g/mol. The quantitative estimate of drug-likeness (QED) is 0.813. The molecule has 5 rings (SSSR count). The van der Waals surface area contributed by atoms with Crippen LogP contribution >= 0.6 is 0 Å². The van der Waals surface area contributed by atoms with E-state index in [2.05, 4.69) is 0 Å². The highest BCUT2D eigenvalue weighted by Crippen LogP contribution is 2.34. The number of pyridine rings is 1. The summed E-state index contributed by atoms with van der Waals surface area (Å²) in [6, 6.07) is 9.37. The fourth-order valence-electron chi connectivity index (χ4n) is 5.62. The summed E-state index contributed by atoms with van der Waals surface area (Å²) in [4.78, 5) is 14.9. The molecule has 2 saturated heterocycles. The lowest BCUT2D eigenvalue weighted by atomic mass is 9.81. The maximum atomic E-state index is 13.2. The molecule has 0 aliphatic carbocycles. The number of rotatable bonds is 2. The molecule has 30 heavy (non-hydrogen) atoms. The number of aromatic nitrogens is 1. The van der Waals surface area contributed by atoms with Crippen LogP contribution in [0.25, 0.3) is 11.1 Å². The molecule has 0 saturated carbocycles. The maximum Gasteiger partial charge on any atom is 0.416 e. The number of ether oxygens (including phenoxy) is 1. The molecule has 0 amide bonds. The SMILES string of the molecule is O=c1c(-c2cccc(C(F)(F)F)c2)ccc2n1C[C@H]1C[C@@H]2C[NH+](C2CCOCC2)C1. The average Bonchev–Trinajstić information content (AvgIpc) is 2.74. The predicted molar refractivity (Wildman–Crippen MR) is 107 cm³/mol. The summed E-state index contributed by atoms with van der Waals surface area (Å²) < 4.78 is 46.7. The third kappa shape index (κ3) is 3.58. The number of halogens is 3. The topological polar surface area (TPSA) is 35.7 Å². The van der Waals surface area contributed by atoms with E-state index in [0.29, 0.717) is 35.5 Å². The molecule has 3 aliphatic heterocycles. The minimum Gasteiger partial charge on any atom is -0.381 e. The van der Waals surface area contributed by atoms with Crippen molar-refractivity contribution in [3.8, 4) is 11.1 Å². The highest BCUT2D eigenvalue weighted by molar-refractivity contribution is 5.63. The Labute approximate surface area is 173 Å². The Bertz CT molecular complexity index is 995. The van der Waals surface area contributed by atoms with Gasteiger partial charge in [-0.05, 0) is 36.2 Å². The third-order valence-electron chi connectivity index (χ3n) is 7.04. The summed E-state index contributed by atoms with van der Waals surface area (Å²) in [6.07, 6.45) is -1.14. The molecule has 2 bridgehead atoms. The van der Waals surface area contributed by atoms with E-state index in [1.165, 1.54) is 6.07 Å². The van der Waals surface area contributed by atoms with Gasteiger partial charge in [-0.25, -0.2) is 0 Å². The zero-order valence-electron chi connectivity index (χ0n) is 16.8. The Kier molecular flexibility index (Phi) is 4.98. The van der Waals surface area contributed by atoms with Crippen LogP contribution in [-0.4, -0.2) is 36.9 Å². The minimum absolute atomic E-state index is 0.170. The molecule has 3 atom stereocenters. The van der Waals surface area contributed by atoms with Crippen molar-refractivity contribution in [2.75, 3.05) is 26.3 Å². The van der Waals surface area contributed by atoms with Crippen LogP contribution in [0.4, 0.5) is 13.2 Å². The molecule has 1 N–H and O–H groups in total. The smallest absolute Gasteiger partial charge is 0.381 e. The Morgan fingerprint density at radius 3 is 2.63 bits per heavy atom. The molecule has 4 heterocycles. The Hall–Kier alpha value is -2.12. The molecule has 160 valence electrons. The van der Waals surface area contributed by atoms with Gasteiger partial charge in [0.1, 0.15) is 0 Å². The normalized spacial score (nSPS) is 27.0. The number of fused-ring (bicyclic) bond motifs is 4. The number of quaternary nitrogens is 1. The van der Waals surface area contributed by atoms with Crippen LogP contribution in [0.15, 0.2) is 41.2 Å². The van der Waals surface area contributed by atoms with Gasteiger partial charge in [-0.1, -0.05) is 12.1 Å². The predicted octanol–water partition coefficient (Wildman–Crippen LogP) is 2.72. The lowest BCUT2D eigenvalue weighted by Gasteiger charge is -2.44. The van der Waals surface area contributed by atoms with Crippen molar-refractivity contribution in [3.63, 3.8) is 0 Å². The molecule has 4 nitrogen and oxygen atoms in total. The second-order valence-corrected chi connectivity index (χ2v) is 8.92. The molecular weight excluding hydrogens is 393 g/mol. The van der Waals surface area contributed by atoms with Crippen molar-refractivity contribution in [1.29, 1.82) is 0 Å². The van der Waals surface area contributed by atoms with E-state index in [4.69, 9.17) is 4.74 Å². The molecular formula is C23H26F3N2O2+. The van der Waals surface area contributed by atoms with Gasteiger partial charge in [0, 0.05) is 42.5 Å². The number of nitrogens with one attached hydrogen (secondary N) is 1. The van der Waals surface area contributed by atoms with Crippen molar-refractivity contribution in [3.05, 3.63) is 58.0 Å². The van der Waals surface area contributed by atoms with Gasteiger partial charge in [-0.3, -0.25) is 4.79 Å². The maximum absolute atomic E-state index is 13.2. The van der Waals surface area contributed by atoms with Gasteiger partial charge in [0.05, 0.1) is 37.9 Å². The lowest BCUT2D eigenvalue weighted by molar-refractivity contribution is -0.937. The van der Waals surface area contributed by atoms with Gasteiger partial charge in [0.15, 0.2) is 0 Å². The Morgan fingerprint density at radius 1 is 1.07 bits per heavy atom. The summed E-state index contributed by atoms with van der Waals surface area (Å²) in [5.41, 5.74) is 0.816. The highest BCUT2D eigenvalue weighted by atomic mass is 19.4. The zero-order valence-corrected chi connectivity index (χ0v) is 16.8. The van der Waals surface area contributed by atoms with Gasteiger partial charge in [0.2, 0.25) is 0 Å². The van der Waals surface area contributed by atoms with Gasteiger partial charge in [0.25, 0.3) is 5.56 Å². The standard InChI is InChI=1S/C23H25F3N2O2/c24-23(25,26)18-3-1-2-16(11-18)20-4-5-21-17-10-15(13-28(21)22(20)29)12-27(14-17)19-6-8-30-9-7-19/h1-5,11,15,17,19H,6-10,12-14H2/p+1/t15-,17+/m0/s1. The number of nitrogens with zero attached hydrogens (tertiary/aromatic N) is 1. The van der Waals surface area contributed by atoms with E-state index in [1.54, 1.807) is 17.0 Å². The lowest BCUT2D eigenvalue weighted by Crippen LogP contribution is -3.18. The first-order valence-corrected chi connectivity index (χ1v) is 10.7. The summed E-state index contributed by atoms with van der Waals surface area (Å²) >= 11 is 0. The first-order valence-electron chi connectivity index (χ1n) is 10.7. The van der Waals surface area contributed by atoms with Crippen LogP contribution < -0.4 is 10.5 Å². The van der Waals surface area contributed by atoms with Gasteiger partial charge in [-0.15, -0.1) is 0 Å². The fraction of sp³-hybridized carbons (Fsp3) is 0.522. The largest absolute Gasteiger partial charge is 0.416 e. The molecule has 1 aromatic heterocycles. The van der Waals surface area contributed by atoms with Crippen molar-refractivity contribution in [2.45, 2.75) is 43.9 Å². The van der Waals surface area contributed by atoms with Crippen molar-refractivity contribution < 1.29 is 22.8 Å². The first kappa shape index (κ1) is 19.8. The molecule has 2 aromatic rings. The molecule has 0 spiro atoms. The molecule has 2 fully saturated rings. The van der Waals surface area contributed by atoms with Crippen LogP contribution in [0.3, 0.4) is 0 Å². The van der Waals surface area contributed by atoms with Crippen LogP contribution in [0.2, 0.25) is 0 Å². The van der Waals surface area contributed by atoms with E-state index in [9.17, 15) is 18.0 Å². The van der Waals surface area contributed by atoms with Crippen LogP contribution in [0, 0.1) is 5.92 Å². The van der Waals surface area contributed by atoms with Crippen molar-refractivity contribution >= 4 is 0 Å². The summed E-state index contributed by atoms with van der Waals surface area (Å²) in [5.74, 6) is 0.766. The number of piperidine rings is 1. The fourth-order valence-corrected chi connectivity index (χ4v) is 5.62.